The van der Waals surface area contributed by atoms with Gasteiger partial charge in [0.1, 0.15) is 12.6 Å². The maximum Gasteiger partial charge on any atom is 0.264 e. The molecular formula is C34H34BrCl2N3O4S. The Bertz CT molecular complexity index is 1700. The standard InChI is InChI=1S/C34H34BrCl2N3O4S/c1-3-17-38-34(42)32(18-25-7-5-4-6-8-25)39(22-26-11-13-27(35)14-12-26)33(41)23-40(30-20-28(36)19-29(37)21-30)45(43,44)31-15-9-24(2)10-16-31/h4-16,19-21,32H,3,17-18,22-23H2,1-2H3,(H,38,42)/t32-/m0/s1. The number of rotatable bonds is 13. The Morgan fingerprint density at radius 2 is 1.49 bits per heavy atom. The Morgan fingerprint density at radius 1 is 0.867 bits per heavy atom. The molecule has 4 rings (SSSR count). The van der Waals surface area contributed by atoms with E-state index in [0.29, 0.717) is 13.0 Å². The summed E-state index contributed by atoms with van der Waals surface area (Å²) in [5.74, 6) is -0.901. The number of amides is 2. The Kier molecular flexibility index (Phi) is 12.1. The summed E-state index contributed by atoms with van der Waals surface area (Å²) in [4.78, 5) is 29.6. The smallest absolute Gasteiger partial charge is 0.264 e. The second kappa shape index (κ2) is 15.8. The highest BCUT2D eigenvalue weighted by molar-refractivity contribution is 9.10. The molecule has 0 bridgehead atoms. The lowest BCUT2D eigenvalue weighted by Gasteiger charge is -2.34. The molecule has 0 unspecified atom stereocenters. The maximum atomic E-state index is 14.5. The summed E-state index contributed by atoms with van der Waals surface area (Å²) in [7, 11) is -4.27. The molecule has 0 saturated carbocycles. The SMILES string of the molecule is CCCNC(=O)[C@H](Cc1ccccc1)N(Cc1ccc(Br)cc1)C(=O)CN(c1cc(Cl)cc(Cl)c1)S(=O)(=O)c1ccc(C)cc1. The Hall–Kier alpha value is -3.37. The third-order valence-corrected chi connectivity index (χ3v) is 9.86. The third kappa shape index (κ3) is 9.33. The summed E-state index contributed by atoms with van der Waals surface area (Å²) in [5.41, 5.74) is 2.63. The van der Waals surface area contributed by atoms with E-state index in [9.17, 15) is 18.0 Å². The van der Waals surface area contributed by atoms with Gasteiger partial charge in [-0.1, -0.05) is 106 Å². The van der Waals surface area contributed by atoms with Crippen LogP contribution >= 0.6 is 39.1 Å². The zero-order chi connectivity index (χ0) is 32.6. The highest BCUT2D eigenvalue weighted by Crippen LogP contribution is 2.30. The van der Waals surface area contributed by atoms with Crippen LogP contribution < -0.4 is 9.62 Å². The summed E-state index contributed by atoms with van der Waals surface area (Å²) in [5, 5.41) is 3.36. The van der Waals surface area contributed by atoms with Crippen molar-refractivity contribution in [1.29, 1.82) is 0 Å². The van der Waals surface area contributed by atoms with Gasteiger partial charge < -0.3 is 10.2 Å². The van der Waals surface area contributed by atoms with Crippen molar-refractivity contribution in [2.75, 3.05) is 17.4 Å². The molecule has 1 N–H and O–H groups in total. The number of carbonyl (C=O) groups is 2. The molecule has 0 radical (unpaired) electrons. The molecule has 0 aliphatic carbocycles. The number of hydrogen-bond acceptors (Lipinski definition) is 4. The molecule has 0 saturated heterocycles. The molecule has 11 heteroatoms. The molecular weight excluding hydrogens is 697 g/mol. The highest BCUT2D eigenvalue weighted by Gasteiger charge is 2.34. The highest BCUT2D eigenvalue weighted by atomic mass is 79.9. The van der Waals surface area contributed by atoms with Crippen molar-refractivity contribution in [1.82, 2.24) is 10.2 Å². The second-order valence-corrected chi connectivity index (χ2v) is 14.2. The van der Waals surface area contributed by atoms with E-state index in [1.54, 1.807) is 12.1 Å². The van der Waals surface area contributed by atoms with Gasteiger partial charge in [0.15, 0.2) is 0 Å². The van der Waals surface area contributed by atoms with Crippen LogP contribution in [0.5, 0.6) is 0 Å². The maximum absolute atomic E-state index is 14.5. The lowest BCUT2D eigenvalue weighted by atomic mass is 10.0. The lowest BCUT2D eigenvalue weighted by Crippen LogP contribution is -2.53. The fourth-order valence-electron chi connectivity index (χ4n) is 4.76. The van der Waals surface area contributed by atoms with Gasteiger partial charge in [-0.15, -0.1) is 0 Å². The minimum atomic E-state index is -4.27. The first-order valence-corrected chi connectivity index (χ1v) is 17.4. The zero-order valence-corrected chi connectivity index (χ0v) is 28.8. The molecule has 0 spiro atoms. The summed E-state index contributed by atoms with van der Waals surface area (Å²) < 4.78 is 30.1. The van der Waals surface area contributed by atoms with E-state index in [1.165, 1.54) is 35.2 Å². The largest absolute Gasteiger partial charge is 0.354 e. The van der Waals surface area contributed by atoms with Gasteiger partial charge in [-0.2, -0.15) is 0 Å². The molecule has 7 nitrogen and oxygen atoms in total. The molecule has 0 aliphatic rings. The van der Waals surface area contributed by atoms with Gasteiger partial charge in [0, 0.05) is 34.0 Å². The van der Waals surface area contributed by atoms with Crippen LogP contribution in [-0.2, 0) is 32.6 Å². The van der Waals surface area contributed by atoms with Crippen LogP contribution in [0.2, 0.25) is 10.0 Å². The second-order valence-electron chi connectivity index (χ2n) is 10.6. The first-order chi connectivity index (χ1) is 21.5. The number of hydrogen-bond donors (Lipinski definition) is 1. The number of benzene rings is 4. The Morgan fingerprint density at radius 3 is 2.09 bits per heavy atom. The van der Waals surface area contributed by atoms with Crippen LogP contribution in [0.1, 0.15) is 30.0 Å². The number of nitrogens with zero attached hydrogens (tertiary/aromatic N) is 2. The predicted molar refractivity (Wildman–Crippen MR) is 184 cm³/mol. The Balaban J connectivity index is 1.81. The molecule has 0 heterocycles. The number of aryl methyl sites for hydroxylation is 1. The minimum Gasteiger partial charge on any atom is -0.354 e. The average Bonchev–Trinajstić information content (AvgIpc) is 3.01. The van der Waals surface area contributed by atoms with Gasteiger partial charge in [0.05, 0.1) is 10.6 Å². The third-order valence-electron chi connectivity index (χ3n) is 7.11. The van der Waals surface area contributed by atoms with E-state index in [1.807, 2.05) is 68.4 Å². The average molecular weight is 732 g/mol. The number of halogens is 3. The summed E-state index contributed by atoms with van der Waals surface area (Å²) in [6.45, 7) is 3.69. The van der Waals surface area contributed by atoms with Crippen molar-refractivity contribution >= 4 is 66.7 Å². The number of nitrogens with one attached hydrogen (secondary N) is 1. The lowest BCUT2D eigenvalue weighted by molar-refractivity contribution is -0.140. The van der Waals surface area contributed by atoms with Gasteiger partial charge in [-0.25, -0.2) is 8.42 Å². The molecule has 0 aliphatic heterocycles. The van der Waals surface area contributed by atoms with E-state index < -0.39 is 28.5 Å². The van der Waals surface area contributed by atoms with Gasteiger partial charge in [-0.05, 0) is 66.9 Å². The van der Waals surface area contributed by atoms with E-state index >= 15 is 0 Å². The van der Waals surface area contributed by atoms with Crippen LogP contribution in [0.15, 0.2) is 106 Å². The van der Waals surface area contributed by atoms with E-state index in [-0.39, 0.29) is 39.5 Å². The molecule has 4 aromatic carbocycles. The van der Waals surface area contributed by atoms with Crippen LogP contribution in [0, 0.1) is 6.92 Å². The molecule has 236 valence electrons. The van der Waals surface area contributed by atoms with Crippen molar-refractivity contribution in [3.8, 4) is 0 Å². The van der Waals surface area contributed by atoms with Gasteiger partial charge in [0.2, 0.25) is 11.8 Å². The van der Waals surface area contributed by atoms with Crippen molar-refractivity contribution in [3.05, 3.63) is 128 Å². The molecule has 45 heavy (non-hydrogen) atoms. The number of sulfonamides is 1. The zero-order valence-electron chi connectivity index (χ0n) is 24.9. The summed E-state index contributed by atoms with van der Waals surface area (Å²) in [6.07, 6.45) is 0.939. The Labute approximate surface area is 283 Å². The van der Waals surface area contributed by atoms with Crippen LogP contribution in [0.25, 0.3) is 0 Å². The molecule has 2 amide bonds. The first-order valence-electron chi connectivity index (χ1n) is 14.4. The molecule has 1 atom stereocenters. The molecule has 0 fully saturated rings. The van der Waals surface area contributed by atoms with Crippen LogP contribution in [-0.4, -0.2) is 44.3 Å². The number of anilines is 1. The van der Waals surface area contributed by atoms with E-state index in [2.05, 4.69) is 21.2 Å². The topological polar surface area (TPSA) is 86.8 Å². The minimum absolute atomic E-state index is 0.00187. The molecule has 4 aromatic rings. The normalized spacial score (nSPS) is 11.9. The van der Waals surface area contributed by atoms with Crippen molar-refractivity contribution in [2.45, 2.75) is 44.2 Å². The quantitative estimate of drug-likeness (QED) is 0.155. The molecule has 0 aromatic heterocycles. The van der Waals surface area contributed by atoms with Crippen molar-refractivity contribution < 1.29 is 18.0 Å². The fourth-order valence-corrected chi connectivity index (χ4v) is 6.93. The van der Waals surface area contributed by atoms with Crippen molar-refractivity contribution in [2.24, 2.45) is 0 Å². The summed E-state index contributed by atoms with van der Waals surface area (Å²) >= 11 is 16.1. The summed E-state index contributed by atoms with van der Waals surface area (Å²) in [6, 6.07) is 26.6. The van der Waals surface area contributed by atoms with Gasteiger partial charge >= 0.3 is 0 Å². The fraction of sp³-hybridized carbons (Fsp3) is 0.235. The van der Waals surface area contributed by atoms with Crippen molar-refractivity contribution in [3.63, 3.8) is 0 Å². The van der Waals surface area contributed by atoms with Crippen LogP contribution in [0.3, 0.4) is 0 Å². The number of carbonyl (C=O) groups excluding carboxylic acids is 2. The predicted octanol–water partition coefficient (Wildman–Crippen LogP) is 7.43. The van der Waals surface area contributed by atoms with E-state index in [0.717, 1.165) is 25.5 Å². The van der Waals surface area contributed by atoms with Gasteiger partial charge in [0.25, 0.3) is 10.0 Å². The first kappa shape index (κ1) is 34.5. The van der Waals surface area contributed by atoms with E-state index in [4.69, 9.17) is 23.2 Å². The van der Waals surface area contributed by atoms with Gasteiger partial charge in [-0.3, -0.25) is 13.9 Å². The van der Waals surface area contributed by atoms with Crippen LogP contribution in [0.4, 0.5) is 5.69 Å². The monoisotopic (exact) mass is 729 g/mol.